The van der Waals surface area contributed by atoms with Crippen LogP contribution < -0.4 is 9.47 Å². The van der Waals surface area contributed by atoms with Crippen LogP contribution in [-0.4, -0.2) is 6.61 Å². The molecule has 0 heterocycles. The molecule has 2 aromatic rings. The molecule has 0 unspecified atom stereocenters. The highest BCUT2D eigenvalue weighted by Gasteiger charge is 2.01. The summed E-state index contributed by atoms with van der Waals surface area (Å²) in [6.07, 6.45) is 0. The summed E-state index contributed by atoms with van der Waals surface area (Å²) < 4.78 is 11.5. The predicted molar refractivity (Wildman–Crippen MR) is 89.4 cm³/mol. The van der Waals surface area contributed by atoms with Crippen molar-refractivity contribution in [3.05, 3.63) is 54.1 Å². The Morgan fingerprint density at radius 1 is 0.857 bits per heavy atom. The molecule has 0 radical (unpaired) electrons. The lowest BCUT2D eigenvalue weighted by molar-refractivity contribution is 0.270. The molecule has 0 spiro atoms. The lowest BCUT2D eigenvalue weighted by Gasteiger charge is -2.10. The second kappa shape index (κ2) is 9.06. The second-order valence-corrected chi connectivity index (χ2v) is 5.09. The molecule has 0 aliphatic heterocycles. The van der Waals surface area contributed by atoms with E-state index < -0.39 is 0 Å². The van der Waals surface area contributed by atoms with Crippen LogP contribution in [-0.2, 0) is 0 Å². The van der Waals surface area contributed by atoms with E-state index in [1.807, 2.05) is 62.4 Å². The molecule has 0 saturated heterocycles. The highest BCUT2D eigenvalue weighted by Crippen LogP contribution is 2.25. The number of hydrogen-bond acceptors (Lipinski definition) is 2. The van der Waals surface area contributed by atoms with E-state index in [2.05, 4.69) is 20.8 Å². The van der Waals surface area contributed by atoms with Crippen LogP contribution in [0.25, 0.3) is 0 Å². The highest BCUT2D eigenvalue weighted by atomic mass is 16.5. The van der Waals surface area contributed by atoms with Crippen LogP contribution in [0.15, 0.2) is 48.5 Å². The molecule has 0 N–H and O–H groups in total. The average molecular weight is 286 g/mol. The SMILES string of the molecule is CC.Cc1ccc(Oc2cccc(OCC(C)C)c2)cc1. The van der Waals surface area contributed by atoms with E-state index in [1.165, 1.54) is 5.56 Å². The zero-order valence-corrected chi connectivity index (χ0v) is 13.7. The third kappa shape index (κ3) is 6.35. The summed E-state index contributed by atoms with van der Waals surface area (Å²) in [7, 11) is 0. The molecular formula is C19H26O2. The van der Waals surface area contributed by atoms with Crippen molar-refractivity contribution in [1.82, 2.24) is 0 Å². The summed E-state index contributed by atoms with van der Waals surface area (Å²) in [5.41, 5.74) is 1.22. The lowest BCUT2D eigenvalue weighted by atomic mass is 10.2. The number of ether oxygens (including phenoxy) is 2. The van der Waals surface area contributed by atoms with Gasteiger partial charge >= 0.3 is 0 Å². The van der Waals surface area contributed by atoms with Gasteiger partial charge < -0.3 is 9.47 Å². The van der Waals surface area contributed by atoms with E-state index in [0.29, 0.717) is 12.5 Å². The Hall–Kier alpha value is -1.96. The minimum absolute atomic E-state index is 0.515. The molecule has 0 aliphatic carbocycles. The fourth-order valence-electron chi connectivity index (χ4n) is 1.63. The van der Waals surface area contributed by atoms with Crippen LogP contribution in [0.1, 0.15) is 33.3 Å². The molecule has 21 heavy (non-hydrogen) atoms. The maximum atomic E-state index is 5.80. The first-order valence-electron chi connectivity index (χ1n) is 7.61. The molecule has 0 bridgehead atoms. The lowest BCUT2D eigenvalue weighted by Crippen LogP contribution is -2.04. The zero-order chi connectivity index (χ0) is 15.7. The smallest absolute Gasteiger partial charge is 0.131 e. The van der Waals surface area contributed by atoms with Crippen LogP contribution in [0.2, 0.25) is 0 Å². The summed E-state index contributed by atoms with van der Waals surface area (Å²) >= 11 is 0. The van der Waals surface area contributed by atoms with E-state index in [9.17, 15) is 0 Å². The van der Waals surface area contributed by atoms with Crippen LogP contribution in [0.3, 0.4) is 0 Å². The zero-order valence-electron chi connectivity index (χ0n) is 13.7. The topological polar surface area (TPSA) is 18.5 Å². The number of rotatable bonds is 5. The van der Waals surface area contributed by atoms with Gasteiger partial charge in [0.2, 0.25) is 0 Å². The van der Waals surface area contributed by atoms with E-state index in [4.69, 9.17) is 9.47 Å². The minimum atomic E-state index is 0.515. The van der Waals surface area contributed by atoms with Crippen molar-refractivity contribution < 1.29 is 9.47 Å². The molecule has 0 saturated carbocycles. The Morgan fingerprint density at radius 3 is 2.10 bits per heavy atom. The van der Waals surface area contributed by atoms with Crippen LogP contribution in [0.5, 0.6) is 17.2 Å². The maximum absolute atomic E-state index is 5.80. The largest absolute Gasteiger partial charge is 0.493 e. The van der Waals surface area contributed by atoms with Gasteiger partial charge in [0.1, 0.15) is 17.2 Å². The van der Waals surface area contributed by atoms with Gasteiger partial charge in [-0.2, -0.15) is 0 Å². The molecule has 0 atom stereocenters. The van der Waals surface area contributed by atoms with Gasteiger partial charge in [-0.05, 0) is 37.1 Å². The summed E-state index contributed by atoms with van der Waals surface area (Å²) in [4.78, 5) is 0. The third-order valence-corrected chi connectivity index (χ3v) is 2.65. The van der Waals surface area contributed by atoms with E-state index >= 15 is 0 Å². The van der Waals surface area contributed by atoms with Crippen molar-refractivity contribution in [3.8, 4) is 17.2 Å². The Bertz CT molecular complexity index is 515. The van der Waals surface area contributed by atoms with Gasteiger partial charge in [0.15, 0.2) is 0 Å². The van der Waals surface area contributed by atoms with Crippen molar-refractivity contribution in [3.63, 3.8) is 0 Å². The first kappa shape index (κ1) is 17.1. The van der Waals surface area contributed by atoms with Crippen LogP contribution >= 0.6 is 0 Å². The second-order valence-electron chi connectivity index (χ2n) is 5.09. The monoisotopic (exact) mass is 286 g/mol. The standard InChI is InChI=1S/C17H20O2.C2H6/c1-13(2)12-18-16-5-4-6-17(11-16)19-15-9-7-14(3)8-10-15;1-2/h4-11,13H,12H2,1-3H3;1-2H3. The van der Waals surface area contributed by atoms with Gasteiger partial charge in [-0.15, -0.1) is 0 Å². The van der Waals surface area contributed by atoms with Crippen molar-refractivity contribution in [1.29, 1.82) is 0 Å². The molecule has 2 rings (SSSR count). The Labute approximate surface area is 128 Å². The van der Waals surface area contributed by atoms with Gasteiger partial charge in [-0.1, -0.05) is 51.5 Å². The van der Waals surface area contributed by atoms with Gasteiger partial charge in [0.25, 0.3) is 0 Å². The normalized spacial score (nSPS) is 9.81. The fraction of sp³-hybridized carbons (Fsp3) is 0.368. The maximum Gasteiger partial charge on any atom is 0.131 e. The number of benzene rings is 2. The first-order valence-corrected chi connectivity index (χ1v) is 7.61. The highest BCUT2D eigenvalue weighted by molar-refractivity contribution is 5.37. The molecule has 0 amide bonds. The van der Waals surface area contributed by atoms with Crippen LogP contribution in [0, 0.1) is 12.8 Å². The molecule has 2 heteroatoms. The summed E-state index contributed by atoms with van der Waals surface area (Å²) in [5, 5.41) is 0. The van der Waals surface area contributed by atoms with Gasteiger partial charge in [-0.25, -0.2) is 0 Å². The summed E-state index contributed by atoms with van der Waals surface area (Å²) in [6.45, 7) is 11.0. The van der Waals surface area contributed by atoms with Crippen molar-refractivity contribution in [2.45, 2.75) is 34.6 Å². The fourth-order valence-corrected chi connectivity index (χ4v) is 1.63. The van der Waals surface area contributed by atoms with E-state index in [1.54, 1.807) is 0 Å². The van der Waals surface area contributed by atoms with Gasteiger partial charge in [-0.3, -0.25) is 0 Å². The molecule has 2 aromatic carbocycles. The Morgan fingerprint density at radius 2 is 1.48 bits per heavy atom. The first-order chi connectivity index (χ1) is 10.1. The molecular weight excluding hydrogens is 260 g/mol. The Balaban J connectivity index is 0.00000106. The van der Waals surface area contributed by atoms with E-state index in [0.717, 1.165) is 17.2 Å². The van der Waals surface area contributed by atoms with E-state index in [-0.39, 0.29) is 0 Å². The molecule has 114 valence electrons. The molecule has 2 nitrogen and oxygen atoms in total. The van der Waals surface area contributed by atoms with Gasteiger partial charge in [0, 0.05) is 6.07 Å². The quantitative estimate of drug-likeness (QED) is 0.686. The Kier molecular flexibility index (Phi) is 7.38. The average Bonchev–Trinajstić information content (AvgIpc) is 2.50. The van der Waals surface area contributed by atoms with Crippen molar-refractivity contribution >= 4 is 0 Å². The minimum Gasteiger partial charge on any atom is -0.493 e. The van der Waals surface area contributed by atoms with Crippen LogP contribution in [0.4, 0.5) is 0 Å². The van der Waals surface area contributed by atoms with Crippen molar-refractivity contribution in [2.75, 3.05) is 6.61 Å². The number of aryl methyl sites for hydroxylation is 1. The van der Waals surface area contributed by atoms with Gasteiger partial charge in [0.05, 0.1) is 6.61 Å². The predicted octanol–water partition coefficient (Wildman–Crippen LogP) is 5.85. The summed E-state index contributed by atoms with van der Waals surface area (Å²) in [6, 6.07) is 15.8. The molecule has 0 fully saturated rings. The molecule has 0 aromatic heterocycles. The third-order valence-electron chi connectivity index (χ3n) is 2.65. The number of hydrogen-bond donors (Lipinski definition) is 0. The summed E-state index contributed by atoms with van der Waals surface area (Å²) in [5.74, 6) is 3.00. The van der Waals surface area contributed by atoms with Crippen molar-refractivity contribution in [2.24, 2.45) is 5.92 Å². The molecule has 0 aliphatic rings.